The summed E-state index contributed by atoms with van der Waals surface area (Å²) < 4.78 is 11.1. The Morgan fingerprint density at radius 2 is 1.44 bits per heavy atom. The number of methoxy groups -OCH3 is 2. The van der Waals surface area contributed by atoms with E-state index >= 15 is 0 Å². The number of hydrogen-bond donors (Lipinski definition) is 1. The predicted octanol–water partition coefficient (Wildman–Crippen LogP) is 7.72. The average Bonchev–Trinajstić information content (AvgIpc) is 3.37. The molecule has 2 heterocycles. The number of para-hydroxylation sites is 4. The maximum absolute atomic E-state index is 13.8. The van der Waals surface area contributed by atoms with Crippen LogP contribution in [0.5, 0.6) is 11.5 Å². The van der Waals surface area contributed by atoms with Gasteiger partial charge in [0.15, 0.2) is 0 Å². The Labute approximate surface area is 259 Å². The molecule has 0 radical (unpaired) electrons. The molecule has 0 bridgehead atoms. The van der Waals surface area contributed by atoms with Crippen molar-refractivity contribution >= 4 is 52.9 Å². The number of carbonyl (C=O) groups is 2. The van der Waals surface area contributed by atoms with Gasteiger partial charge in [-0.2, -0.15) is 0 Å². The Bertz CT molecular complexity index is 1650. The molecule has 9 heteroatoms. The molecule has 7 nitrogen and oxygen atoms in total. The highest BCUT2D eigenvalue weighted by molar-refractivity contribution is 8.04. The van der Waals surface area contributed by atoms with Gasteiger partial charge in [0.2, 0.25) is 0 Å². The van der Waals surface area contributed by atoms with Crippen LogP contribution in [-0.4, -0.2) is 44.1 Å². The average molecular weight is 610 g/mol. The van der Waals surface area contributed by atoms with E-state index in [1.54, 1.807) is 32.1 Å². The van der Waals surface area contributed by atoms with Crippen LogP contribution in [0.3, 0.4) is 0 Å². The summed E-state index contributed by atoms with van der Waals surface area (Å²) in [6.07, 6.45) is 2.47. The largest absolute Gasteiger partial charge is 0.496 e. The van der Waals surface area contributed by atoms with E-state index < -0.39 is 11.4 Å². The number of anilines is 2. The van der Waals surface area contributed by atoms with E-state index in [-0.39, 0.29) is 5.91 Å². The number of carbonyl (C=O) groups excluding carboxylic acids is 2. The monoisotopic (exact) mass is 609 g/mol. The van der Waals surface area contributed by atoms with Gasteiger partial charge in [0.05, 0.1) is 30.5 Å². The molecule has 1 atom stereocenters. The number of rotatable bonds is 8. The molecular formula is C34H31N3O4S2. The first-order chi connectivity index (χ1) is 21.1. The van der Waals surface area contributed by atoms with E-state index in [9.17, 15) is 9.59 Å². The summed E-state index contributed by atoms with van der Waals surface area (Å²) in [4.78, 5) is 33.9. The van der Waals surface area contributed by atoms with Crippen LogP contribution in [0.1, 0.15) is 22.9 Å². The molecule has 218 valence electrons. The van der Waals surface area contributed by atoms with Gasteiger partial charge in [-0.3, -0.25) is 4.79 Å². The van der Waals surface area contributed by atoms with Crippen molar-refractivity contribution in [2.45, 2.75) is 21.6 Å². The van der Waals surface area contributed by atoms with E-state index in [0.717, 1.165) is 22.5 Å². The Morgan fingerprint density at radius 3 is 2.14 bits per heavy atom. The van der Waals surface area contributed by atoms with Crippen LogP contribution in [0, 0.1) is 0 Å². The first kappa shape index (κ1) is 28.8. The van der Waals surface area contributed by atoms with Crippen LogP contribution >= 0.6 is 23.5 Å². The molecule has 0 saturated carbocycles. The normalized spacial score (nSPS) is 16.6. The molecule has 1 N–H and O–H groups in total. The summed E-state index contributed by atoms with van der Waals surface area (Å²) in [6.45, 7) is 1.12. The number of nitrogens with one attached hydrogen (secondary N) is 1. The molecule has 43 heavy (non-hydrogen) atoms. The minimum atomic E-state index is -0.581. The van der Waals surface area contributed by atoms with E-state index in [0.29, 0.717) is 35.9 Å². The van der Waals surface area contributed by atoms with Crippen molar-refractivity contribution in [3.63, 3.8) is 0 Å². The molecule has 0 spiro atoms. The van der Waals surface area contributed by atoms with Gasteiger partial charge in [-0.15, -0.1) is 0 Å². The van der Waals surface area contributed by atoms with Crippen molar-refractivity contribution in [1.82, 2.24) is 10.2 Å². The maximum Gasteiger partial charge on any atom is 0.325 e. The van der Waals surface area contributed by atoms with Gasteiger partial charge in [0, 0.05) is 34.0 Å². The Balaban J connectivity index is 1.21. The molecule has 3 amide bonds. The second-order valence-corrected chi connectivity index (χ2v) is 12.1. The third-order valence-corrected chi connectivity index (χ3v) is 9.68. The predicted molar refractivity (Wildman–Crippen MR) is 173 cm³/mol. The standard InChI is InChI=1S/C34H31N3O4S2/c1-40-27-16-7-3-12-23(27)22-31-32(38)37(33(43-31)24-13-4-8-17-28(24)41-2)34(39)35-20-11-21-36-25-14-5-9-18-29(25)42-30-19-10-6-15-26(30)36/h3-10,12-19,22,33H,11,20-21H2,1-2H3,(H,35,39)/b31-22+. The van der Waals surface area contributed by atoms with Crippen LogP contribution in [0.2, 0.25) is 0 Å². The zero-order valence-electron chi connectivity index (χ0n) is 23.9. The lowest BCUT2D eigenvalue weighted by atomic mass is 10.1. The van der Waals surface area contributed by atoms with Gasteiger partial charge in [-0.25, -0.2) is 9.69 Å². The topological polar surface area (TPSA) is 71.1 Å². The van der Waals surface area contributed by atoms with Crippen LogP contribution in [0.25, 0.3) is 6.08 Å². The Hall–Kier alpha value is -4.34. The van der Waals surface area contributed by atoms with Crippen molar-refractivity contribution in [1.29, 1.82) is 0 Å². The third-order valence-electron chi connectivity index (χ3n) is 7.32. The Kier molecular flexibility index (Phi) is 8.62. The fourth-order valence-electron chi connectivity index (χ4n) is 5.28. The van der Waals surface area contributed by atoms with Gasteiger partial charge in [-0.05, 0) is 48.9 Å². The minimum absolute atomic E-state index is 0.361. The van der Waals surface area contributed by atoms with Crippen LogP contribution < -0.4 is 19.7 Å². The maximum atomic E-state index is 13.8. The second-order valence-electron chi connectivity index (χ2n) is 9.91. The van der Waals surface area contributed by atoms with E-state index in [1.165, 1.54) is 26.5 Å². The highest BCUT2D eigenvalue weighted by Gasteiger charge is 2.42. The second kappa shape index (κ2) is 12.9. The van der Waals surface area contributed by atoms with Gasteiger partial charge >= 0.3 is 6.03 Å². The van der Waals surface area contributed by atoms with Gasteiger partial charge in [0.1, 0.15) is 16.9 Å². The molecule has 6 rings (SSSR count). The van der Waals surface area contributed by atoms with Crippen molar-refractivity contribution in [2.75, 3.05) is 32.2 Å². The first-order valence-electron chi connectivity index (χ1n) is 14.0. The fraction of sp³-hybridized carbons (Fsp3) is 0.176. The molecule has 0 aliphatic carbocycles. The molecule has 4 aromatic rings. The molecule has 0 aromatic heterocycles. The van der Waals surface area contributed by atoms with Crippen molar-refractivity contribution in [3.05, 3.63) is 113 Å². The molecular weight excluding hydrogens is 579 g/mol. The number of thioether (sulfide) groups is 1. The number of nitrogens with zero attached hydrogens (tertiary/aromatic N) is 2. The number of benzene rings is 4. The van der Waals surface area contributed by atoms with Crippen LogP contribution in [0.15, 0.2) is 112 Å². The third kappa shape index (κ3) is 5.83. The lowest BCUT2D eigenvalue weighted by Crippen LogP contribution is -2.42. The van der Waals surface area contributed by atoms with Crippen LogP contribution in [-0.2, 0) is 4.79 Å². The highest BCUT2D eigenvalue weighted by Crippen LogP contribution is 2.49. The van der Waals surface area contributed by atoms with E-state index in [4.69, 9.17) is 9.47 Å². The van der Waals surface area contributed by atoms with Crippen molar-refractivity contribution in [2.24, 2.45) is 0 Å². The van der Waals surface area contributed by atoms with E-state index in [1.807, 2.05) is 60.7 Å². The quantitative estimate of drug-likeness (QED) is 0.162. The fourth-order valence-corrected chi connectivity index (χ4v) is 7.63. The zero-order valence-corrected chi connectivity index (χ0v) is 25.5. The van der Waals surface area contributed by atoms with Crippen molar-refractivity contribution < 1.29 is 19.1 Å². The lowest BCUT2D eigenvalue weighted by Gasteiger charge is -2.32. The summed E-state index contributed by atoms with van der Waals surface area (Å²) in [5, 5.41) is 2.43. The lowest BCUT2D eigenvalue weighted by molar-refractivity contribution is -0.123. The number of amides is 3. The summed E-state index contributed by atoms with van der Waals surface area (Å²) in [6, 6.07) is 31.3. The molecule has 1 unspecified atom stereocenters. The smallest absolute Gasteiger partial charge is 0.325 e. The highest BCUT2D eigenvalue weighted by atomic mass is 32.2. The number of ether oxygens (including phenoxy) is 2. The molecule has 4 aromatic carbocycles. The summed E-state index contributed by atoms with van der Waals surface area (Å²) in [5.74, 6) is 0.907. The van der Waals surface area contributed by atoms with Gasteiger partial charge in [-0.1, -0.05) is 84.2 Å². The van der Waals surface area contributed by atoms with Crippen LogP contribution in [0.4, 0.5) is 16.2 Å². The number of hydrogen-bond acceptors (Lipinski definition) is 7. The molecule has 2 aliphatic rings. The summed E-state index contributed by atoms with van der Waals surface area (Å²) in [5.41, 5.74) is 3.83. The minimum Gasteiger partial charge on any atom is -0.496 e. The number of imide groups is 1. The number of fused-ring (bicyclic) bond motifs is 2. The number of urea groups is 1. The summed E-state index contributed by atoms with van der Waals surface area (Å²) in [7, 11) is 3.18. The van der Waals surface area contributed by atoms with Gasteiger partial charge < -0.3 is 19.7 Å². The first-order valence-corrected chi connectivity index (χ1v) is 15.7. The Morgan fingerprint density at radius 1 is 0.837 bits per heavy atom. The zero-order chi connectivity index (χ0) is 29.8. The molecule has 2 aliphatic heterocycles. The SMILES string of the molecule is COc1ccccc1/C=C1/SC(c2ccccc2OC)N(C(=O)NCCCN2c3ccccc3Sc3ccccc32)C1=O. The molecule has 1 saturated heterocycles. The molecule has 1 fully saturated rings. The van der Waals surface area contributed by atoms with Gasteiger partial charge in [0.25, 0.3) is 5.91 Å². The van der Waals surface area contributed by atoms with E-state index in [2.05, 4.69) is 46.6 Å². The van der Waals surface area contributed by atoms with Crippen molar-refractivity contribution in [3.8, 4) is 11.5 Å². The summed E-state index contributed by atoms with van der Waals surface area (Å²) >= 11 is 3.10.